The maximum atomic E-state index is 13.6. The molecular formula is C42H28F12O8. The Balaban J connectivity index is 0.000000244. The van der Waals surface area contributed by atoms with E-state index in [0.29, 0.717) is 48.5 Å². The zero-order valence-corrected chi connectivity index (χ0v) is 30.8. The fraction of sp³-hybridized carbons (Fsp3) is 0.143. The Labute approximate surface area is 341 Å². The van der Waals surface area contributed by atoms with E-state index in [9.17, 15) is 71.9 Å². The fourth-order valence-electron chi connectivity index (χ4n) is 5.69. The number of allylic oxidation sites excluding steroid dienone is 8. The molecular weight excluding hydrogens is 860 g/mol. The van der Waals surface area contributed by atoms with E-state index >= 15 is 0 Å². The summed E-state index contributed by atoms with van der Waals surface area (Å²) in [7, 11) is 0. The third-order valence-electron chi connectivity index (χ3n) is 8.55. The van der Waals surface area contributed by atoms with Crippen LogP contribution in [0.3, 0.4) is 0 Å². The predicted molar refractivity (Wildman–Crippen MR) is 195 cm³/mol. The number of phenolic OH excluding ortho intramolecular Hbond substituents is 4. The van der Waals surface area contributed by atoms with Crippen LogP contribution in [-0.4, -0.2) is 68.3 Å². The Hall–Kier alpha value is -7.12. The SMILES string of the molecule is O=C1C=CC(=O)C=C1.O=C1C=CC(=O)C=C1.Oc1ccc(C(c2ccc(O)cc2)(C(F)(F)F)C(F)(F)F)cc1.Oc1ccc(C(c2ccc(O)cc2)(C(F)(F)F)C(F)(F)F)cc1. The molecule has 0 fully saturated rings. The Bertz CT molecular complexity index is 1970. The van der Waals surface area contributed by atoms with E-state index in [0.717, 1.165) is 48.5 Å². The van der Waals surface area contributed by atoms with Crippen molar-refractivity contribution >= 4 is 23.1 Å². The highest BCUT2D eigenvalue weighted by atomic mass is 19.4. The topological polar surface area (TPSA) is 149 Å². The number of hydrogen-bond acceptors (Lipinski definition) is 8. The van der Waals surface area contributed by atoms with Crippen molar-refractivity contribution in [2.45, 2.75) is 35.5 Å². The second-order valence-corrected chi connectivity index (χ2v) is 12.6. The first-order valence-electron chi connectivity index (χ1n) is 16.9. The third-order valence-corrected chi connectivity index (χ3v) is 8.55. The molecule has 2 aliphatic carbocycles. The lowest BCUT2D eigenvalue weighted by Crippen LogP contribution is -2.54. The van der Waals surface area contributed by atoms with Gasteiger partial charge in [0.25, 0.3) is 0 Å². The average molecular weight is 889 g/mol. The van der Waals surface area contributed by atoms with E-state index in [2.05, 4.69) is 0 Å². The molecule has 2 aliphatic rings. The summed E-state index contributed by atoms with van der Waals surface area (Å²) in [5.41, 5.74) is -12.9. The molecule has 0 saturated heterocycles. The second kappa shape index (κ2) is 19.1. The number of hydrogen-bond donors (Lipinski definition) is 4. The first-order chi connectivity index (χ1) is 28.6. The van der Waals surface area contributed by atoms with Crippen LogP contribution in [0.15, 0.2) is 146 Å². The molecule has 0 amide bonds. The molecule has 0 radical (unpaired) electrons. The molecule has 4 aromatic carbocycles. The predicted octanol–water partition coefficient (Wildman–Crippen LogP) is 9.52. The molecule has 0 saturated carbocycles. The number of phenols is 4. The Morgan fingerprint density at radius 3 is 0.500 bits per heavy atom. The van der Waals surface area contributed by atoms with Gasteiger partial charge in [0, 0.05) is 0 Å². The van der Waals surface area contributed by atoms with Gasteiger partial charge in [-0.3, -0.25) is 19.2 Å². The van der Waals surface area contributed by atoms with Crippen molar-refractivity contribution in [2.75, 3.05) is 0 Å². The van der Waals surface area contributed by atoms with Crippen molar-refractivity contribution in [3.05, 3.63) is 168 Å². The molecule has 0 bridgehead atoms. The molecule has 0 heterocycles. The maximum Gasteiger partial charge on any atom is 0.411 e. The lowest BCUT2D eigenvalue weighted by molar-refractivity contribution is -0.290. The number of alkyl halides is 12. The highest BCUT2D eigenvalue weighted by molar-refractivity contribution is 6.14. The van der Waals surface area contributed by atoms with Crippen molar-refractivity contribution in [3.63, 3.8) is 0 Å². The van der Waals surface area contributed by atoms with Crippen LogP contribution in [-0.2, 0) is 30.0 Å². The van der Waals surface area contributed by atoms with E-state index in [1.165, 1.54) is 48.6 Å². The monoisotopic (exact) mass is 888 g/mol. The van der Waals surface area contributed by atoms with Crippen molar-refractivity contribution in [1.82, 2.24) is 0 Å². The minimum absolute atomic E-state index is 0.121. The lowest BCUT2D eigenvalue weighted by atomic mass is 9.73. The summed E-state index contributed by atoms with van der Waals surface area (Å²) < 4.78 is 163. The van der Waals surface area contributed by atoms with Crippen LogP contribution in [0.4, 0.5) is 52.7 Å². The van der Waals surface area contributed by atoms with Gasteiger partial charge < -0.3 is 20.4 Å². The number of benzene rings is 4. The quantitative estimate of drug-likeness (QED) is 0.117. The Morgan fingerprint density at radius 2 is 0.387 bits per heavy atom. The van der Waals surface area contributed by atoms with Gasteiger partial charge in [0.15, 0.2) is 23.1 Å². The van der Waals surface area contributed by atoms with Crippen molar-refractivity contribution in [1.29, 1.82) is 0 Å². The van der Waals surface area contributed by atoms with Crippen molar-refractivity contribution < 1.29 is 92.3 Å². The minimum Gasteiger partial charge on any atom is -0.508 e. The molecule has 0 atom stereocenters. The smallest absolute Gasteiger partial charge is 0.411 e. The highest BCUT2D eigenvalue weighted by Crippen LogP contribution is 2.57. The Kier molecular flexibility index (Phi) is 15.1. The summed E-state index contributed by atoms with van der Waals surface area (Å²) in [5.74, 6) is -2.32. The maximum absolute atomic E-state index is 13.6. The molecule has 0 unspecified atom stereocenters. The standard InChI is InChI=1S/2C15H10F6O2.2C6H4O2/c2*16-14(17,18)13(15(19,20)21,9-1-5-11(22)6-2-9)10-3-7-12(23)8-4-10;2*7-5-1-2-6(8)4-3-5/h2*1-8,22-23H;2*1-4H. The zero-order chi connectivity index (χ0) is 46.9. The van der Waals surface area contributed by atoms with E-state index < -0.39 is 80.8 Å². The highest BCUT2D eigenvalue weighted by Gasteiger charge is 2.73. The third kappa shape index (κ3) is 11.2. The van der Waals surface area contributed by atoms with E-state index in [-0.39, 0.29) is 23.1 Å². The van der Waals surface area contributed by atoms with Gasteiger partial charge in [0.1, 0.15) is 23.0 Å². The molecule has 0 aliphatic heterocycles. The summed E-state index contributed by atoms with van der Waals surface area (Å²) in [5, 5.41) is 36.6. The number of ketones is 4. The van der Waals surface area contributed by atoms with Gasteiger partial charge in [-0.1, -0.05) is 48.5 Å². The van der Waals surface area contributed by atoms with Crippen LogP contribution in [0.25, 0.3) is 0 Å². The minimum atomic E-state index is -5.70. The van der Waals surface area contributed by atoms with Gasteiger partial charge in [-0.2, -0.15) is 52.7 Å². The van der Waals surface area contributed by atoms with Crippen LogP contribution in [0.1, 0.15) is 22.3 Å². The van der Waals surface area contributed by atoms with Crippen molar-refractivity contribution in [3.8, 4) is 23.0 Å². The van der Waals surface area contributed by atoms with Crippen LogP contribution < -0.4 is 0 Å². The average Bonchev–Trinajstić information content (AvgIpc) is 3.16. The van der Waals surface area contributed by atoms with Crippen LogP contribution in [0.5, 0.6) is 23.0 Å². The van der Waals surface area contributed by atoms with Gasteiger partial charge in [-0.05, 0) is 119 Å². The first-order valence-corrected chi connectivity index (χ1v) is 16.9. The van der Waals surface area contributed by atoms with E-state index in [1.54, 1.807) is 0 Å². The molecule has 6 rings (SSSR count). The normalized spacial score (nSPS) is 14.3. The summed E-state index contributed by atoms with van der Waals surface area (Å²) in [4.78, 5) is 41.1. The van der Waals surface area contributed by atoms with E-state index in [1.807, 2.05) is 0 Å². The number of halogens is 12. The molecule has 0 aromatic heterocycles. The summed E-state index contributed by atoms with van der Waals surface area (Å²) in [6, 6.07) is 10.6. The largest absolute Gasteiger partial charge is 0.508 e. The van der Waals surface area contributed by atoms with Gasteiger partial charge in [0.05, 0.1) is 0 Å². The number of carbonyl (C=O) groups is 4. The van der Waals surface area contributed by atoms with Gasteiger partial charge in [-0.15, -0.1) is 0 Å². The number of rotatable bonds is 4. The van der Waals surface area contributed by atoms with Crippen LogP contribution >= 0.6 is 0 Å². The zero-order valence-electron chi connectivity index (χ0n) is 30.8. The number of carbonyl (C=O) groups excluding carboxylic acids is 4. The van der Waals surface area contributed by atoms with Crippen molar-refractivity contribution in [2.24, 2.45) is 0 Å². The van der Waals surface area contributed by atoms with Crippen LogP contribution in [0, 0.1) is 0 Å². The van der Waals surface area contributed by atoms with Gasteiger partial charge >= 0.3 is 24.7 Å². The molecule has 20 heteroatoms. The molecule has 328 valence electrons. The summed E-state index contributed by atoms with van der Waals surface area (Å²) in [6.45, 7) is 0. The fourth-order valence-corrected chi connectivity index (χ4v) is 5.69. The molecule has 62 heavy (non-hydrogen) atoms. The second-order valence-electron chi connectivity index (χ2n) is 12.6. The molecule has 0 spiro atoms. The first kappa shape index (κ1) is 49.2. The van der Waals surface area contributed by atoms with Gasteiger partial charge in [0.2, 0.25) is 10.8 Å². The number of aromatic hydroxyl groups is 4. The van der Waals surface area contributed by atoms with Crippen LogP contribution in [0.2, 0.25) is 0 Å². The molecule has 8 nitrogen and oxygen atoms in total. The Morgan fingerprint density at radius 1 is 0.258 bits per heavy atom. The summed E-state index contributed by atoms with van der Waals surface area (Å²) >= 11 is 0. The van der Waals surface area contributed by atoms with Gasteiger partial charge in [-0.25, -0.2) is 0 Å². The lowest BCUT2D eigenvalue weighted by Gasteiger charge is -2.38. The molecule has 4 N–H and O–H groups in total. The molecule has 4 aromatic rings. The van der Waals surface area contributed by atoms with E-state index in [4.69, 9.17) is 20.4 Å². The summed E-state index contributed by atoms with van der Waals surface area (Å²) in [6.07, 6.45) is -12.8.